The monoisotopic (exact) mass is 424 g/mol. The number of rotatable bonds is 7. The van der Waals surface area contributed by atoms with Crippen molar-refractivity contribution < 1.29 is 17.9 Å². The molecule has 0 bridgehead atoms. The number of ether oxygens (including phenoxy) is 1. The van der Waals surface area contributed by atoms with E-state index in [1.807, 2.05) is 37.3 Å². The fourth-order valence-electron chi connectivity index (χ4n) is 2.74. The summed E-state index contributed by atoms with van der Waals surface area (Å²) in [7, 11) is -0.652. The van der Waals surface area contributed by atoms with Gasteiger partial charge in [-0.3, -0.25) is 4.79 Å². The maximum Gasteiger partial charge on any atom is 0.255 e. The van der Waals surface area contributed by atoms with Gasteiger partial charge in [0.25, 0.3) is 5.91 Å². The largest absolute Gasteiger partial charge is 0.489 e. The van der Waals surface area contributed by atoms with Crippen LogP contribution in [-0.2, 0) is 16.6 Å². The molecule has 0 atom stereocenters. The average molecular weight is 425 g/mol. The van der Waals surface area contributed by atoms with Crippen LogP contribution in [-0.4, -0.2) is 32.7 Å². The van der Waals surface area contributed by atoms with E-state index in [2.05, 4.69) is 5.32 Å². The molecule has 156 valence electrons. The van der Waals surface area contributed by atoms with Crippen molar-refractivity contribution in [2.45, 2.75) is 18.4 Å². The normalized spacial score (nSPS) is 11.3. The van der Waals surface area contributed by atoms with Gasteiger partial charge in [-0.05, 0) is 54.4 Å². The van der Waals surface area contributed by atoms with E-state index in [1.54, 1.807) is 30.3 Å². The minimum Gasteiger partial charge on any atom is -0.489 e. The summed E-state index contributed by atoms with van der Waals surface area (Å²) in [5, 5.41) is 2.79. The quantitative estimate of drug-likeness (QED) is 0.620. The Balaban J connectivity index is 1.70. The van der Waals surface area contributed by atoms with Gasteiger partial charge in [-0.25, -0.2) is 12.7 Å². The minimum atomic E-state index is -3.59. The number of hydrogen-bond donors (Lipinski definition) is 1. The standard InChI is InChI=1S/C23H24N2O4S/c1-17-9-14-21(30(27,28)25(2)3)15-22(17)24-23(26)19-10-12-20(13-11-19)29-16-18-7-5-4-6-8-18/h4-15H,16H2,1-3H3,(H,24,26). The summed E-state index contributed by atoms with van der Waals surface area (Å²) in [6.45, 7) is 2.25. The maximum atomic E-state index is 12.6. The Bertz CT molecular complexity index is 1130. The van der Waals surface area contributed by atoms with Crippen molar-refractivity contribution in [3.63, 3.8) is 0 Å². The van der Waals surface area contributed by atoms with E-state index in [1.165, 1.54) is 26.2 Å². The second-order valence-corrected chi connectivity index (χ2v) is 9.17. The molecule has 0 aliphatic carbocycles. The van der Waals surface area contributed by atoms with Gasteiger partial charge in [0.1, 0.15) is 12.4 Å². The Kier molecular flexibility index (Phi) is 6.54. The van der Waals surface area contributed by atoms with E-state index in [4.69, 9.17) is 4.74 Å². The minimum absolute atomic E-state index is 0.123. The zero-order valence-corrected chi connectivity index (χ0v) is 17.9. The zero-order valence-electron chi connectivity index (χ0n) is 17.1. The van der Waals surface area contributed by atoms with Gasteiger partial charge in [0.15, 0.2) is 0 Å². The molecular weight excluding hydrogens is 400 g/mol. The average Bonchev–Trinajstić information content (AvgIpc) is 2.74. The highest BCUT2D eigenvalue weighted by Crippen LogP contribution is 2.23. The lowest BCUT2D eigenvalue weighted by atomic mass is 10.1. The topological polar surface area (TPSA) is 75.7 Å². The maximum absolute atomic E-state index is 12.6. The van der Waals surface area contributed by atoms with Gasteiger partial charge in [0.2, 0.25) is 10.0 Å². The van der Waals surface area contributed by atoms with Crippen LogP contribution in [0.1, 0.15) is 21.5 Å². The number of amides is 1. The molecule has 0 heterocycles. The van der Waals surface area contributed by atoms with Crippen LogP contribution in [0.3, 0.4) is 0 Å². The molecular formula is C23H24N2O4S. The summed E-state index contributed by atoms with van der Waals surface area (Å²) in [6, 6.07) is 21.3. The summed E-state index contributed by atoms with van der Waals surface area (Å²) < 4.78 is 31.6. The molecule has 30 heavy (non-hydrogen) atoms. The molecule has 0 saturated carbocycles. The number of hydrogen-bond acceptors (Lipinski definition) is 4. The van der Waals surface area contributed by atoms with Crippen molar-refractivity contribution in [3.8, 4) is 5.75 Å². The van der Waals surface area contributed by atoms with E-state index < -0.39 is 10.0 Å². The molecule has 1 N–H and O–H groups in total. The van der Waals surface area contributed by atoms with Crippen molar-refractivity contribution in [1.29, 1.82) is 0 Å². The van der Waals surface area contributed by atoms with Gasteiger partial charge in [-0.1, -0.05) is 36.4 Å². The van der Waals surface area contributed by atoms with Crippen LogP contribution >= 0.6 is 0 Å². The SMILES string of the molecule is Cc1ccc(S(=O)(=O)N(C)C)cc1NC(=O)c1ccc(OCc2ccccc2)cc1. The highest BCUT2D eigenvalue weighted by Gasteiger charge is 2.19. The van der Waals surface area contributed by atoms with Crippen LogP contribution in [0.2, 0.25) is 0 Å². The molecule has 0 aromatic heterocycles. The van der Waals surface area contributed by atoms with Crippen molar-refractivity contribution in [1.82, 2.24) is 4.31 Å². The number of nitrogens with zero attached hydrogens (tertiary/aromatic N) is 1. The first-order chi connectivity index (χ1) is 14.3. The van der Waals surface area contributed by atoms with Gasteiger partial charge in [0.05, 0.1) is 4.90 Å². The molecule has 6 nitrogen and oxygen atoms in total. The lowest BCUT2D eigenvalue weighted by Crippen LogP contribution is -2.22. The molecule has 0 aliphatic rings. The molecule has 0 radical (unpaired) electrons. The lowest BCUT2D eigenvalue weighted by molar-refractivity contribution is 0.102. The van der Waals surface area contributed by atoms with Gasteiger partial charge >= 0.3 is 0 Å². The third-order valence-electron chi connectivity index (χ3n) is 4.60. The molecule has 0 unspecified atom stereocenters. The van der Waals surface area contributed by atoms with Crippen molar-refractivity contribution in [2.24, 2.45) is 0 Å². The third kappa shape index (κ3) is 5.06. The number of benzene rings is 3. The molecule has 1 amide bonds. The number of nitrogens with one attached hydrogen (secondary N) is 1. The van der Waals surface area contributed by atoms with Crippen LogP contribution in [0.15, 0.2) is 77.7 Å². The van der Waals surface area contributed by atoms with Crippen molar-refractivity contribution >= 4 is 21.6 Å². The highest BCUT2D eigenvalue weighted by molar-refractivity contribution is 7.89. The number of carbonyl (C=O) groups is 1. The molecule has 0 aliphatic heterocycles. The second-order valence-electron chi connectivity index (χ2n) is 7.02. The number of sulfonamides is 1. The third-order valence-corrected chi connectivity index (χ3v) is 6.41. The summed E-state index contributed by atoms with van der Waals surface area (Å²) in [5.41, 5.74) is 2.72. The highest BCUT2D eigenvalue weighted by atomic mass is 32.2. The number of aryl methyl sites for hydroxylation is 1. The lowest BCUT2D eigenvalue weighted by Gasteiger charge is -2.14. The number of anilines is 1. The van der Waals surface area contributed by atoms with E-state index in [0.717, 1.165) is 15.4 Å². The van der Waals surface area contributed by atoms with E-state index in [-0.39, 0.29) is 10.8 Å². The van der Waals surface area contributed by atoms with E-state index in [0.29, 0.717) is 23.6 Å². The van der Waals surface area contributed by atoms with Crippen molar-refractivity contribution in [3.05, 3.63) is 89.5 Å². The Labute approximate surface area is 177 Å². The van der Waals surface area contributed by atoms with Crippen LogP contribution in [0.4, 0.5) is 5.69 Å². The summed E-state index contributed by atoms with van der Waals surface area (Å²) >= 11 is 0. The molecule has 0 fully saturated rings. The Morgan fingerprint density at radius 1 is 0.967 bits per heavy atom. The molecule has 3 aromatic carbocycles. The smallest absolute Gasteiger partial charge is 0.255 e. The van der Waals surface area contributed by atoms with E-state index in [9.17, 15) is 13.2 Å². The summed E-state index contributed by atoms with van der Waals surface area (Å²) in [4.78, 5) is 12.8. The number of carbonyl (C=O) groups excluding carboxylic acids is 1. The fraction of sp³-hybridized carbons (Fsp3) is 0.174. The first kappa shape index (κ1) is 21.5. The van der Waals surface area contributed by atoms with Crippen LogP contribution in [0, 0.1) is 6.92 Å². The van der Waals surface area contributed by atoms with Gasteiger partial charge in [-0.15, -0.1) is 0 Å². The van der Waals surface area contributed by atoms with Crippen LogP contribution < -0.4 is 10.1 Å². The predicted molar refractivity (Wildman–Crippen MR) is 117 cm³/mol. The van der Waals surface area contributed by atoms with Crippen LogP contribution in [0.25, 0.3) is 0 Å². The second kappa shape index (κ2) is 9.11. The molecule has 3 aromatic rings. The van der Waals surface area contributed by atoms with Crippen LogP contribution in [0.5, 0.6) is 5.75 Å². The first-order valence-electron chi connectivity index (χ1n) is 9.39. The van der Waals surface area contributed by atoms with Gasteiger partial charge in [-0.2, -0.15) is 0 Å². The van der Waals surface area contributed by atoms with Gasteiger partial charge < -0.3 is 10.1 Å². The van der Waals surface area contributed by atoms with Crippen molar-refractivity contribution in [2.75, 3.05) is 19.4 Å². The fourth-order valence-corrected chi connectivity index (χ4v) is 3.67. The molecule has 0 spiro atoms. The first-order valence-corrected chi connectivity index (χ1v) is 10.8. The molecule has 7 heteroatoms. The Morgan fingerprint density at radius 2 is 1.63 bits per heavy atom. The van der Waals surface area contributed by atoms with E-state index >= 15 is 0 Å². The Hall–Kier alpha value is -3.16. The molecule has 3 rings (SSSR count). The van der Waals surface area contributed by atoms with Gasteiger partial charge in [0, 0.05) is 25.3 Å². The molecule has 0 saturated heterocycles. The summed E-state index contributed by atoms with van der Waals surface area (Å²) in [5.74, 6) is 0.331. The summed E-state index contributed by atoms with van der Waals surface area (Å²) in [6.07, 6.45) is 0. The zero-order chi connectivity index (χ0) is 21.7. The Morgan fingerprint density at radius 3 is 2.27 bits per heavy atom. The predicted octanol–water partition coefficient (Wildman–Crippen LogP) is 4.08.